The standard InChI is InChI=1S/C22H25ClFN5O/c1-13-3-4-18(24)21(23)20(13)14(2)30-19-9-15(10-27-22(19)25)16-11-28-29(12-16)17-5-7-26-8-6-17/h3-4,9-12,14,17,26H,5-8H2,1-2H3,(H2,25,27)/t14-/m1/s1. The summed E-state index contributed by atoms with van der Waals surface area (Å²) in [5, 5.41) is 7.97. The van der Waals surface area contributed by atoms with Crippen LogP contribution in [0.15, 0.2) is 36.8 Å². The number of halogens is 2. The van der Waals surface area contributed by atoms with Crippen molar-refractivity contribution in [2.24, 2.45) is 0 Å². The van der Waals surface area contributed by atoms with Gasteiger partial charge in [0.25, 0.3) is 0 Å². The molecule has 1 aliphatic heterocycles. The summed E-state index contributed by atoms with van der Waals surface area (Å²) in [6.45, 7) is 5.69. The van der Waals surface area contributed by atoms with Crippen LogP contribution in [0.5, 0.6) is 5.75 Å². The maximum Gasteiger partial charge on any atom is 0.166 e. The summed E-state index contributed by atoms with van der Waals surface area (Å²) in [6.07, 6.45) is 7.18. The van der Waals surface area contributed by atoms with E-state index in [-0.39, 0.29) is 10.8 Å². The van der Waals surface area contributed by atoms with E-state index in [1.54, 1.807) is 12.3 Å². The quantitative estimate of drug-likeness (QED) is 0.615. The van der Waals surface area contributed by atoms with Crippen molar-refractivity contribution in [1.82, 2.24) is 20.1 Å². The third-order valence-corrected chi connectivity index (χ3v) is 5.94. The van der Waals surface area contributed by atoms with Crippen LogP contribution in [-0.4, -0.2) is 27.9 Å². The van der Waals surface area contributed by atoms with E-state index in [2.05, 4.69) is 15.4 Å². The molecule has 30 heavy (non-hydrogen) atoms. The third-order valence-electron chi connectivity index (χ3n) is 5.56. The first-order chi connectivity index (χ1) is 14.4. The molecule has 6 nitrogen and oxygen atoms in total. The number of aryl methyl sites for hydroxylation is 1. The lowest BCUT2D eigenvalue weighted by Crippen LogP contribution is -2.29. The number of nitrogens with one attached hydrogen (secondary N) is 1. The summed E-state index contributed by atoms with van der Waals surface area (Å²) in [7, 11) is 0. The van der Waals surface area contributed by atoms with Gasteiger partial charge < -0.3 is 15.8 Å². The molecule has 0 spiro atoms. The Kier molecular flexibility index (Phi) is 5.92. The number of aromatic nitrogens is 3. The van der Waals surface area contributed by atoms with E-state index < -0.39 is 11.9 Å². The molecule has 3 N–H and O–H groups in total. The van der Waals surface area contributed by atoms with Crippen LogP contribution < -0.4 is 15.8 Å². The molecule has 1 aromatic carbocycles. The van der Waals surface area contributed by atoms with E-state index in [1.807, 2.05) is 37.0 Å². The van der Waals surface area contributed by atoms with Gasteiger partial charge in [0.1, 0.15) is 11.9 Å². The number of rotatable bonds is 5. The second kappa shape index (κ2) is 8.62. The van der Waals surface area contributed by atoms with Crippen LogP contribution in [0.2, 0.25) is 5.02 Å². The summed E-state index contributed by atoms with van der Waals surface area (Å²) in [6, 6.07) is 5.27. The Morgan fingerprint density at radius 3 is 2.80 bits per heavy atom. The number of nitrogen functional groups attached to an aromatic ring is 1. The first kappa shape index (κ1) is 20.6. The number of benzene rings is 1. The van der Waals surface area contributed by atoms with E-state index in [1.165, 1.54) is 6.07 Å². The topological polar surface area (TPSA) is 78.0 Å². The molecule has 0 aliphatic carbocycles. The molecule has 2 aromatic heterocycles. The number of hydrogen-bond donors (Lipinski definition) is 2. The highest BCUT2D eigenvalue weighted by atomic mass is 35.5. The van der Waals surface area contributed by atoms with Gasteiger partial charge >= 0.3 is 0 Å². The lowest BCUT2D eigenvalue weighted by molar-refractivity contribution is 0.226. The Morgan fingerprint density at radius 2 is 2.03 bits per heavy atom. The molecule has 4 rings (SSSR count). The van der Waals surface area contributed by atoms with Gasteiger partial charge in [0, 0.05) is 29.1 Å². The van der Waals surface area contributed by atoms with E-state index in [9.17, 15) is 4.39 Å². The van der Waals surface area contributed by atoms with E-state index in [4.69, 9.17) is 22.1 Å². The lowest BCUT2D eigenvalue weighted by Gasteiger charge is -2.22. The molecule has 158 valence electrons. The molecule has 1 fully saturated rings. The van der Waals surface area contributed by atoms with Gasteiger partial charge in [-0.3, -0.25) is 4.68 Å². The average molecular weight is 430 g/mol. The summed E-state index contributed by atoms with van der Waals surface area (Å²) in [5.41, 5.74) is 9.29. The number of pyridine rings is 1. The number of piperidine rings is 1. The Balaban J connectivity index is 1.58. The number of ether oxygens (including phenoxy) is 1. The van der Waals surface area contributed by atoms with Crippen molar-refractivity contribution < 1.29 is 9.13 Å². The summed E-state index contributed by atoms with van der Waals surface area (Å²) >= 11 is 6.19. The van der Waals surface area contributed by atoms with E-state index >= 15 is 0 Å². The normalized spacial score (nSPS) is 15.9. The van der Waals surface area contributed by atoms with Gasteiger partial charge in [-0.25, -0.2) is 9.37 Å². The summed E-state index contributed by atoms with van der Waals surface area (Å²) in [5.74, 6) is 0.216. The van der Waals surface area contributed by atoms with Crippen molar-refractivity contribution in [2.75, 3.05) is 18.8 Å². The zero-order valence-electron chi connectivity index (χ0n) is 17.0. The fourth-order valence-electron chi connectivity index (χ4n) is 3.88. The predicted molar refractivity (Wildman–Crippen MR) is 116 cm³/mol. The van der Waals surface area contributed by atoms with Crippen LogP contribution >= 0.6 is 11.6 Å². The maximum absolute atomic E-state index is 13.9. The van der Waals surface area contributed by atoms with Gasteiger partial charge in [-0.05, 0) is 57.5 Å². The Bertz CT molecular complexity index is 1050. The first-order valence-corrected chi connectivity index (χ1v) is 10.4. The van der Waals surface area contributed by atoms with Crippen molar-refractivity contribution in [3.63, 3.8) is 0 Å². The number of anilines is 1. The Labute approximate surface area is 180 Å². The maximum atomic E-state index is 13.9. The number of hydrogen-bond acceptors (Lipinski definition) is 5. The van der Waals surface area contributed by atoms with Gasteiger partial charge in [0.05, 0.1) is 17.3 Å². The van der Waals surface area contributed by atoms with Crippen LogP contribution in [0, 0.1) is 12.7 Å². The summed E-state index contributed by atoms with van der Waals surface area (Å²) in [4.78, 5) is 4.29. The molecular formula is C22H25ClFN5O. The highest BCUT2D eigenvalue weighted by Gasteiger charge is 2.20. The van der Waals surface area contributed by atoms with Gasteiger partial charge in [-0.15, -0.1) is 0 Å². The molecule has 0 unspecified atom stereocenters. The highest BCUT2D eigenvalue weighted by molar-refractivity contribution is 6.31. The molecule has 1 saturated heterocycles. The monoisotopic (exact) mass is 429 g/mol. The molecule has 0 saturated carbocycles. The second-order valence-corrected chi connectivity index (χ2v) is 8.03. The van der Waals surface area contributed by atoms with Crippen molar-refractivity contribution >= 4 is 17.4 Å². The van der Waals surface area contributed by atoms with Crippen LogP contribution in [0.1, 0.15) is 43.0 Å². The largest absolute Gasteiger partial charge is 0.482 e. The molecule has 0 radical (unpaired) electrons. The Hall–Kier alpha value is -2.64. The van der Waals surface area contributed by atoms with Crippen LogP contribution in [0.4, 0.5) is 10.2 Å². The minimum atomic E-state index is -0.495. The van der Waals surface area contributed by atoms with Crippen molar-refractivity contribution in [2.45, 2.75) is 38.8 Å². The molecule has 1 atom stereocenters. The van der Waals surface area contributed by atoms with Gasteiger partial charge in [-0.2, -0.15) is 5.10 Å². The predicted octanol–water partition coefficient (Wildman–Crippen LogP) is 4.69. The fourth-order valence-corrected chi connectivity index (χ4v) is 4.24. The zero-order valence-corrected chi connectivity index (χ0v) is 17.8. The van der Waals surface area contributed by atoms with Crippen LogP contribution in [0.3, 0.4) is 0 Å². The first-order valence-electron chi connectivity index (χ1n) is 10.1. The molecule has 0 bridgehead atoms. The smallest absolute Gasteiger partial charge is 0.166 e. The van der Waals surface area contributed by atoms with Gasteiger partial charge in [0.2, 0.25) is 0 Å². The zero-order chi connectivity index (χ0) is 21.3. The number of nitrogens with zero attached hydrogens (tertiary/aromatic N) is 3. The second-order valence-electron chi connectivity index (χ2n) is 7.65. The molecule has 3 heterocycles. The number of nitrogens with two attached hydrogens (primary N) is 1. The molecular weight excluding hydrogens is 405 g/mol. The van der Waals surface area contributed by atoms with Crippen LogP contribution in [0.25, 0.3) is 11.1 Å². The molecule has 3 aromatic rings. The minimum absolute atomic E-state index is 0.0634. The van der Waals surface area contributed by atoms with E-state index in [0.29, 0.717) is 17.4 Å². The molecule has 0 amide bonds. The van der Waals surface area contributed by atoms with Crippen molar-refractivity contribution in [3.05, 3.63) is 58.8 Å². The van der Waals surface area contributed by atoms with Gasteiger partial charge in [-0.1, -0.05) is 17.7 Å². The minimum Gasteiger partial charge on any atom is -0.482 e. The van der Waals surface area contributed by atoms with Crippen LogP contribution in [-0.2, 0) is 0 Å². The molecule has 8 heteroatoms. The average Bonchev–Trinajstić information content (AvgIpc) is 3.24. The fraction of sp³-hybridized carbons (Fsp3) is 0.364. The van der Waals surface area contributed by atoms with Crippen molar-refractivity contribution in [1.29, 1.82) is 0 Å². The lowest BCUT2D eigenvalue weighted by atomic mass is 10.0. The summed E-state index contributed by atoms with van der Waals surface area (Å²) < 4.78 is 22.0. The SMILES string of the molecule is Cc1ccc(F)c(Cl)c1[C@@H](C)Oc1cc(-c2cnn(C3CCNCC3)c2)cnc1N. The third kappa shape index (κ3) is 4.13. The Morgan fingerprint density at radius 1 is 1.27 bits per heavy atom. The molecule has 1 aliphatic rings. The highest BCUT2D eigenvalue weighted by Crippen LogP contribution is 2.35. The van der Waals surface area contributed by atoms with Gasteiger partial charge in [0.15, 0.2) is 11.6 Å². The van der Waals surface area contributed by atoms with E-state index in [0.717, 1.165) is 42.6 Å². The van der Waals surface area contributed by atoms with Crippen molar-refractivity contribution in [3.8, 4) is 16.9 Å².